The number of nitrogens with zero attached hydrogens (tertiary/aromatic N) is 4. The third-order valence-electron chi connectivity index (χ3n) is 11.6. The van der Waals surface area contributed by atoms with Crippen LogP contribution in [0, 0.1) is 0 Å². The topological polar surface area (TPSA) is 35.1 Å². The average molecular weight is 717 g/mol. The molecule has 5 heteroatoms. The van der Waals surface area contributed by atoms with E-state index in [4.69, 9.17) is 9.97 Å². The molecule has 55 heavy (non-hydrogen) atoms. The summed E-state index contributed by atoms with van der Waals surface area (Å²) in [5.41, 5.74) is 9.41. The van der Waals surface area contributed by atoms with Crippen molar-refractivity contribution in [2.24, 2.45) is 0 Å². The molecular formula is C50H28N4S. The Bertz CT molecular complexity index is 3720. The van der Waals surface area contributed by atoms with Gasteiger partial charge in [0.15, 0.2) is 11.6 Å². The second kappa shape index (κ2) is 10.8. The lowest BCUT2D eigenvalue weighted by molar-refractivity contribution is 1.08. The molecule has 5 aromatic heterocycles. The first-order valence-corrected chi connectivity index (χ1v) is 19.5. The van der Waals surface area contributed by atoms with Crippen molar-refractivity contribution in [3.05, 3.63) is 170 Å². The molecule has 13 rings (SSSR count). The summed E-state index contributed by atoms with van der Waals surface area (Å²) < 4.78 is 6.16. The van der Waals surface area contributed by atoms with Crippen LogP contribution in [0.4, 0.5) is 0 Å². The van der Waals surface area contributed by atoms with Crippen LogP contribution in [0.25, 0.3) is 119 Å². The summed E-state index contributed by atoms with van der Waals surface area (Å²) in [5.74, 6) is 1.64. The van der Waals surface area contributed by atoms with E-state index < -0.39 is 0 Å². The molecule has 8 aromatic carbocycles. The van der Waals surface area contributed by atoms with E-state index >= 15 is 0 Å². The highest BCUT2D eigenvalue weighted by molar-refractivity contribution is 7.25. The number of thiophene rings is 1. The number of rotatable bonds is 3. The molecule has 0 bridgehead atoms. The van der Waals surface area contributed by atoms with E-state index in [2.05, 4.69) is 179 Å². The Morgan fingerprint density at radius 2 is 1.09 bits per heavy atom. The fourth-order valence-electron chi connectivity index (χ4n) is 9.26. The Balaban J connectivity index is 1.22. The molecule has 0 N–H and O–H groups in total. The molecular weight excluding hydrogens is 689 g/mol. The van der Waals surface area contributed by atoms with Crippen molar-refractivity contribution in [1.29, 1.82) is 0 Å². The Labute approximate surface area is 318 Å². The lowest BCUT2D eigenvalue weighted by Crippen LogP contribution is -2.02. The second-order valence-electron chi connectivity index (χ2n) is 14.6. The van der Waals surface area contributed by atoms with Crippen molar-refractivity contribution in [3.8, 4) is 28.3 Å². The average Bonchev–Trinajstić information content (AvgIpc) is 3.98. The molecule has 0 aliphatic carbocycles. The zero-order valence-corrected chi connectivity index (χ0v) is 30.2. The van der Waals surface area contributed by atoms with Gasteiger partial charge in [-0.2, -0.15) is 0 Å². The first kappa shape index (κ1) is 29.4. The molecule has 0 atom stereocenters. The van der Waals surface area contributed by atoms with Gasteiger partial charge in [0.1, 0.15) is 4.83 Å². The van der Waals surface area contributed by atoms with Crippen LogP contribution in [0.1, 0.15) is 0 Å². The second-order valence-corrected chi connectivity index (χ2v) is 15.6. The predicted octanol–water partition coefficient (Wildman–Crippen LogP) is 13.6. The molecule has 4 nitrogen and oxygen atoms in total. The minimum atomic E-state index is 0.728. The van der Waals surface area contributed by atoms with Gasteiger partial charge in [-0.3, -0.25) is 4.57 Å². The third-order valence-corrected chi connectivity index (χ3v) is 12.7. The van der Waals surface area contributed by atoms with Gasteiger partial charge in [0.05, 0.1) is 33.0 Å². The van der Waals surface area contributed by atoms with E-state index in [0.29, 0.717) is 0 Å². The van der Waals surface area contributed by atoms with E-state index in [-0.39, 0.29) is 0 Å². The van der Waals surface area contributed by atoms with Crippen LogP contribution in [-0.4, -0.2) is 18.9 Å². The lowest BCUT2D eigenvalue weighted by atomic mass is 10.0. The van der Waals surface area contributed by atoms with Crippen molar-refractivity contribution in [2.75, 3.05) is 0 Å². The molecule has 13 aromatic rings. The van der Waals surface area contributed by atoms with Gasteiger partial charge in [0.2, 0.25) is 0 Å². The van der Waals surface area contributed by atoms with Gasteiger partial charge in [0.25, 0.3) is 0 Å². The van der Waals surface area contributed by atoms with Crippen LogP contribution in [0.15, 0.2) is 170 Å². The minimum absolute atomic E-state index is 0.728. The van der Waals surface area contributed by atoms with Crippen molar-refractivity contribution in [1.82, 2.24) is 18.9 Å². The fraction of sp³-hybridized carbons (Fsp3) is 0. The van der Waals surface area contributed by atoms with Crippen molar-refractivity contribution < 1.29 is 0 Å². The van der Waals surface area contributed by atoms with Gasteiger partial charge in [-0.05, 0) is 58.3 Å². The minimum Gasteiger partial charge on any atom is -0.308 e. The van der Waals surface area contributed by atoms with Gasteiger partial charge >= 0.3 is 0 Å². The van der Waals surface area contributed by atoms with Gasteiger partial charge in [-0.1, -0.05) is 133 Å². The zero-order chi connectivity index (χ0) is 35.8. The van der Waals surface area contributed by atoms with E-state index in [1.165, 1.54) is 86.4 Å². The number of para-hydroxylation sites is 2. The first-order chi connectivity index (χ1) is 27.3. The summed E-state index contributed by atoms with van der Waals surface area (Å²) in [6, 6.07) is 61.6. The highest BCUT2D eigenvalue weighted by Gasteiger charge is 2.27. The van der Waals surface area contributed by atoms with Crippen molar-refractivity contribution in [2.45, 2.75) is 0 Å². The molecule has 0 aliphatic heterocycles. The fourth-order valence-corrected chi connectivity index (χ4v) is 10.3. The van der Waals surface area contributed by atoms with Crippen LogP contribution in [0.3, 0.4) is 0 Å². The summed E-state index contributed by atoms with van der Waals surface area (Å²) in [4.78, 5) is 11.9. The maximum Gasteiger partial charge on any atom is 0.163 e. The quantitative estimate of drug-likeness (QED) is 0.182. The summed E-state index contributed by atoms with van der Waals surface area (Å²) >= 11 is 1.74. The summed E-state index contributed by atoms with van der Waals surface area (Å²) in [7, 11) is 0. The number of aromatic nitrogens is 4. The molecule has 0 spiro atoms. The zero-order valence-electron chi connectivity index (χ0n) is 29.4. The highest BCUT2D eigenvalue weighted by atomic mass is 32.1. The SMILES string of the molecule is c1ccc(-c2ccc3c4cc5c6ccccc6n(-c6nc(-c7ccc8ccccc8c7)nc7sc8ccccc8c67)c5c5c6ccccc6n(c3c2)c45)cc1. The number of hydrogen-bond acceptors (Lipinski definition) is 3. The molecule has 0 saturated carbocycles. The Kier molecular flexibility index (Phi) is 5.74. The molecule has 5 heterocycles. The van der Waals surface area contributed by atoms with Crippen LogP contribution < -0.4 is 0 Å². The smallest absolute Gasteiger partial charge is 0.163 e. The Hall–Kier alpha value is -7.08. The summed E-state index contributed by atoms with van der Waals surface area (Å²) in [6.07, 6.45) is 0. The van der Waals surface area contributed by atoms with Gasteiger partial charge in [0, 0.05) is 48.0 Å². The van der Waals surface area contributed by atoms with Crippen molar-refractivity contribution >= 4 is 102 Å². The maximum atomic E-state index is 5.61. The third kappa shape index (κ3) is 3.94. The molecule has 0 unspecified atom stereocenters. The first-order valence-electron chi connectivity index (χ1n) is 18.7. The van der Waals surface area contributed by atoms with E-state index in [1.54, 1.807) is 11.3 Å². The Morgan fingerprint density at radius 3 is 1.98 bits per heavy atom. The van der Waals surface area contributed by atoms with Gasteiger partial charge in [-0.15, -0.1) is 11.3 Å². The van der Waals surface area contributed by atoms with Crippen LogP contribution >= 0.6 is 11.3 Å². The van der Waals surface area contributed by atoms with Crippen molar-refractivity contribution in [3.63, 3.8) is 0 Å². The monoisotopic (exact) mass is 716 g/mol. The molecule has 0 aliphatic rings. The number of benzene rings is 8. The molecule has 254 valence electrons. The molecule has 0 fully saturated rings. The van der Waals surface area contributed by atoms with Gasteiger partial charge < -0.3 is 4.40 Å². The van der Waals surface area contributed by atoms with Crippen LogP contribution in [0.2, 0.25) is 0 Å². The predicted molar refractivity (Wildman–Crippen MR) is 232 cm³/mol. The molecule has 0 amide bonds. The van der Waals surface area contributed by atoms with E-state index in [1.807, 2.05) is 0 Å². The van der Waals surface area contributed by atoms with Crippen LogP contribution in [-0.2, 0) is 0 Å². The molecule has 0 radical (unpaired) electrons. The van der Waals surface area contributed by atoms with E-state index in [0.717, 1.165) is 32.9 Å². The normalized spacial score (nSPS) is 12.4. The van der Waals surface area contributed by atoms with E-state index in [9.17, 15) is 0 Å². The number of fused-ring (bicyclic) bond motifs is 14. The largest absolute Gasteiger partial charge is 0.308 e. The maximum absolute atomic E-state index is 5.61. The van der Waals surface area contributed by atoms with Crippen LogP contribution in [0.5, 0.6) is 0 Å². The van der Waals surface area contributed by atoms with Gasteiger partial charge in [-0.25, -0.2) is 9.97 Å². The highest BCUT2D eigenvalue weighted by Crippen LogP contribution is 2.48. The molecule has 0 saturated heterocycles. The summed E-state index contributed by atoms with van der Waals surface area (Å²) in [5, 5.41) is 12.1. The lowest BCUT2D eigenvalue weighted by Gasteiger charge is -2.12. The standard InChI is InChI=1S/C50H28N4S/c1-2-12-29(13-3-1)32-24-25-35-39-28-38-34-16-6-9-19-40(34)54(47(38)44-36-17-7-10-20-41(36)53(46(39)44)42(35)27-32)49-45-37-18-8-11-21-43(37)55-50(45)52-48(51-49)33-23-22-30-14-4-5-15-31(30)26-33/h1-28H. The number of hydrogen-bond donors (Lipinski definition) is 0. The summed E-state index contributed by atoms with van der Waals surface area (Å²) in [6.45, 7) is 0. The Morgan fingerprint density at radius 1 is 0.400 bits per heavy atom.